The van der Waals surface area contributed by atoms with Crippen molar-refractivity contribution in [3.05, 3.63) is 70.2 Å². The first kappa shape index (κ1) is 17.4. The van der Waals surface area contributed by atoms with Gasteiger partial charge in [-0.1, -0.05) is 58.4 Å². The Labute approximate surface area is 154 Å². The molecule has 0 unspecified atom stereocenters. The summed E-state index contributed by atoms with van der Waals surface area (Å²) < 4.78 is 5.95. The Kier molecular flexibility index (Phi) is 5.28. The van der Waals surface area contributed by atoms with E-state index in [1.807, 2.05) is 54.6 Å². The number of carbonyl (C=O) groups excluding carboxylic acids is 2. The summed E-state index contributed by atoms with van der Waals surface area (Å²) in [5.74, 6) is -1.53. The quantitative estimate of drug-likeness (QED) is 0.632. The number of hydrogen-bond donors (Lipinski definition) is 1. The van der Waals surface area contributed by atoms with Crippen molar-refractivity contribution in [3.63, 3.8) is 0 Å². The van der Waals surface area contributed by atoms with Gasteiger partial charge in [0, 0.05) is 10.0 Å². The Bertz CT molecular complexity index is 820. The van der Waals surface area contributed by atoms with Gasteiger partial charge in [0.05, 0.1) is 12.6 Å². The minimum Gasteiger partial charge on any atom is -0.465 e. The summed E-state index contributed by atoms with van der Waals surface area (Å²) in [5, 5.41) is 2.73. The van der Waals surface area contributed by atoms with Gasteiger partial charge in [-0.05, 0) is 24.6 Å². The highest BCUT2D eigenvalue weighted by Gasteiger charge is 2.41. The molecule has 0 saturated heterocycles. The summed E-state index contributed by atoms with van der Waals surface area (Å²) in [4.78, 5) is 29.7. The summed E-state index contributed by atoms with van der Waals surface area (Å²) in [7, 11) is 0. The van der Waals surface area contributed by atoms with Crippen LogP contribution in [0.15, 0.2) is 64.1 Å². The Morgan fingerprint density at radius 1 is 1.20 bits per heavy atom. The monoisotopic (exact) mass is 400 g/mol. The summed E-state index contributed by atoms with van der Waals surface area (Å²) in [6.07, 6.45) is 0. The molecule has 2 aromatic carbocycles. The number of nitrogens with one attached hydrogen (secondary N) is 1. The second kappa shape index (κ2) is 7.61. The van der Waals surface area contributed by atoms with Crippen LogP contribution in [0.5, 0.6) is 0 Å². The Morgan fingerprint density at radius 3 is 2.64 bits per heavy atom. The van der Waals surface area contributed by atoms with E-state index in [0.29, 0.717) is 5.84 Å². The number of halogens is 1. The lowest BCUT2D eigenvalue weighted by atomic mass is 9.90. The Hall–Kier alpha value is -2.47. The molecule has 25 heavy (non-hydrogen) atoms. The highest BCUT2D eigenvalue weighted by atomic mass is 79.9. The fourth-order valence-corrected chi connectivity index (χ4v) is 3.17. The van der Waals surface area contributed by atoms with E-state index >= 15 is 0 Å². The molecular weight excluding hydrogens is 384 g/mol. The molecule has 0 aromatic heterocycles. The molecule has 5 nitrogen and oxygen atoms in total. The maximum Gasteiger partial charge on any atom is 0.321 e. The minimum atomic E-state index is -1.01. The Balaban J connectivity index is 2.07. The lowest BCUT2D eigenvalue weighted by molar-refractivity contribution is -0.153. The van der Waals surface area contributed by atoms with Gasteiger partial charge < -0.3 is 10.1 Å². The van der Waals surface area contributed by atoms with Crippen LogP contribution in [0.2, 0.25) is 0 Å². The van der Waals surface area contributed by atoms with E-state index in [-0.39, 0.29) is 6.61 Å². The molecule has 0 spiro atoms. The molecule has 0 radical (unpaired) electrons. The van der Waals surface area contributed by atoms with Crippen LogP contribution in [0, 0.1) is 5.92 Å². The second-order valence-electron chi connectivity index (χ2n) is 5.56. The average molecular weight is 401 g/mol. The molecule has 1 amide bonds. The molecule has 1 aliphatic heterocycles. The third kappa shape index (κ3) is 3.79. The largest absolute Gasteiger partial charge is 0.465 e. The first-order chi connectivity index (χ1) is 12.1. The maximum absolute atomic E-state index is 12.7. The van der Waals surface area contributed by atoms with Gasteiger partial charge in [0.15, 0.2) is 5.92 Å². The molecule has 1 aliphatic rings. The van der Waals surface area contributed by atoms with E-state index in [2.05, 4.69) is 26.2 Å². The predicted molar refractivity (Wildman–Crippen MR) is 98.1 cm³/mol. The van der Waals surface area contributed by atoms with Crippen LogP contribution in [-0.2, 0) is 14.3 Å². The molecule has 0 bridgehead atoms. The van der Waals surface area contributed by atoms with Crippen molar-refractivity contribution in [2.75, 3.05) is 6.61 Å². The van der Waals surface area contributed by atoms with Crippen LogP contribution < -0.4 is 5.32 Å². The number of benzene rings is 2. The maximum atomic E-state index is 12.7. The molecule has 0 saturated carbocycles. The predicted octanol–water partition coefficient (Wildman–Crippen LogP) is 3.25. The highest BCUT2D eigenvalue weighted by Crippen LogP contribution is 2.32. The van der Waals surface area contributed by atoms with E-state index in [9.17, 15) is 9.59 Å². The average Bonchev–Trinajstić information content (AvgIpc) is 2.62. The first-order valence-electron chi connectivity index (χ1n) is 7.96. The van der Waals surface area contributed by atoms with Gasteiger partial charge >= 0.3 is 5.97 Å². The fourth-order valence-electron chi connectivity index (χ4n) is 2.75. The number of ether oxygens (including phenoxy) is 1. The van der Waals surface area contributed by atoms with E-state index < -0.39 is 23.8 Å². The fraction of sp³-hybridized carbons (Fsp3) is 0.211. The van der Waals surface area contributed by atoms with Crippen molar-refractivity contribution in [3.8, 4) is 0 Å². The van der Waals surface area contributed by atoms with Crippen molar-refractivity contribution in [2.45, 2.75) is 13.0 Å². The van der Waals surface area contributed by atoms with Crippen molar-refractivity contribution >= 4 is 33.6 Å². The molecule has 6 heteroatoms. The molecule has 0 fully saturated rings. The van der Waals surface area contributed by atoms with Gasteiger partial charge in [0.1, 0.15) is 5.84 Å². The van der Waals surface area contributed by atoms with Crippen LogP contribution >= 0.6 is 15.9 Å². The normalized spacial score (nSPS) is 19.8. The van der Waals surface area contributed by atoms with E-state index in [4.69, 9.17) is 4.74 Å². The molecule has 2 aromatic rings. The van der Waals surface area contributed by atoms with Crippen LogP contribution in [-0.4, -0.2) is 24.3 Å². The number of rotatable bonds is 4. The van der Waals surface area contributed by atoms with E-state index in [1.165, 1.54) is 0 Å². The summed E-state index contributed by atoms with van der Waals surface area (Å²) in [5.41, 5.74) is 1.56. The zero-order chi connectivity index (χ0) is 17.8. The SMILES string of the molecule is CCOC(=O)[C@@H]1C(=O)NC(c2ccccc2)=N[C@@H]1c1cccc(Br)c1. The minimum absolute atomic E-state index is 0.211. The topological polar surface area (TPSA) is 67.8 Å². The number of amides is 1. The molecular formula is C19H17BrN2O3. The van der Waals surface area contributed by atoms with Gasteiger partial charge in [0.25, 0.3) is 0 Å². The number of aliphatic imine (C=N–C) groups is 1. The van der Waals surface area contributed by atoms with Gasteiger partial charge in [-0.2, -0.15) is 0 Å². The number of esters is 1. The molecule has 0 aliphatic carbocycles. The third-order valence-corrected chi connectivity index (χ3v) is 4.38. The van der Waals surface area contributed by atoms with Crippen molar-refractivity contribution in [2.24, 2.45) is 10.9 Å². The molecule has 1 heterocycles. The number of amidine groups is 1. The molecule has 1 N–H and O–H groups in total. The second-order valence-corrected chi connectivity index (χ2v) is 6.48. The summed E-state index contributed by atoms with van der Waals surface area (Å²) in [6, 6.07) is 16.2. The van der Waals surface area contributed by atoms with Crippen LogP contribution in [0.1, 0.15) is 24.1 Å². The molecule has 2 atom stereocenters. The van der Waals surface area contributed by atoms with Gasteiger partial charge in [-0.15, -0.1) is 0 Å². The van der Waals surface area contributed by atoms with Crippen LogP contribution in [0.25, 0.3) is 0 Å². The van der Waals surface area contributed by atoms with E-state index in [0.717, 1.165) is 15.6 Å². The van der Waals surface area contributed by atoms with Gasteiger partial charge in [-0.3, -0.25) is 14.6 Å². The van der Waals surface area contributed by atoms with Crippen molar-refractivity contribution in [1.29, 1.82) is 0 Å². The third-order valence-electron chi connectivity index (χ3n) is 3.89. The standard InChI is InChI=1S/C19H17BrN2O3/c1-2-25-19(24)15-16(13-9-6-10-14(20)11-13)21-17(22-18(15)23)12-7-4-3-5-8-12/h3-11,15-16H,2H2,1H3,(H,21,22,23)/t15-,16+/m0/s1. The number of carbonyl (C=O) groups is 2. The number of nitrogens with zero attached hydrogens (tertiary/aromatic N) is 1. The summed E-state index contributed by atoms with van der Waals surface area (Å²) >= 11 is 3.43. The van der Waals surface area contributed by atoms with Crippen LogP contribution in [0.4, 0.5) is 0 Å². The lowest BCUT2D eigenvalue weighted by Gasteiger charge is -2.28. The Morgan fingerprint density at radius 2 is 1.96 bits per heavy atom. The molecule has 3 rings (SSSR count). The first-order valence-corrected chi connectivity index (χ1v) is 8.75. The zero-order valence-electron chi connectivity index (χ0n) is 13.6. The van der Waals surface area contributed by atoms with Crippen molar-refractivity contribution in [1.82, 2.24) is 5.32 Å². The van der Waals surface area contributed by atoms with Gasteiger partial charge in [-0.25, -0.2) is 0 Å². The summed E-state index contributed by atoms with van der Waals surface area (Å²) in [6.45, 7) is 1.93. The van der Waals surface area contributed by atoms with Crippen LogP contribution in [0.3, 0.4) is 0 Å². The number of hydrogen-bond acceptors (Lipinski definition) is 4. The van der Waals surface area contributed by atoms with Crippen molar-refractivity contribution < 1.29 is 14.3 Å². The van der Waals surface area contributed by atoms with E-state index in [1.54, 1.807) is 6.92 Å². The van der Waals surface area contributed by atoms with Gasteiger partial charge in [0.2, 0.25) is 5.91 Å². The highest BCUT2D eigenvalue weighted by molar-refractivity contribution is 9.10. The lowest BCUT2D eigenvalue weighted by Crippen LogP contribution is -2.47. The smallest absolute Gasteiger partial charge is 0.321 e. The molecule has 128 valence electrons. The zero-order valence-corrected chi connectivity index (χ0v) is 15.2.